The lowest BCUT2D eigenvalue weighted by atomic mass is 10.1. The summed E-state index contributed by atoms with van der Waals surface area (Å²) in [6.45, 7) is 0.535. The van der Waals surface area contributed by atoms with E-state index >= 15 is 0 Å². The monoisotopic (exact) mass is 488 g/mol. The first-order valence-corrected chi connectivity index (χ1v) is 12.7. The number of carbonyl (C=O) groups excluding carboxylic acids is 1. The summed E-state index contributed by atoms with van der Waals surface area (Å²) >= 11 is 0. The van der Waals surface area contributed by atoms with E-state index in [1.165, 1.54) is 29.8 Å². The lowest BCUT2D eigenvalue weighted by molar-refractivity contribution is 0.0923. The third kappa shape index (κ3) is 6.39. The number of amides is 1. The molecule has 178 valence electrons. The molecule has 4 aromatic rings. The minimum absolute atomic E-state index is 0.183. The fourth-order valence-corrected chi connectivity index (χ4v) is 4.18. The second-order valence-corrected chi connectivity index (χ2v) is 9.28. The van der Waals surface area contributed by atoms with E-state index in [1.54, 1.807) is 18.5 Å². The van der Waals surface area contributed by atoms with Crippen molar-refractivity contribution in [1.82, 2.24) is 10.3 Å². The second-order valence-electron chi connectivity index (χ2n) is 7.90. The Balaban J connectivity index is 0.000000172. The minimum Gasteiger partial charge on any atom is -0.491 e. The lowest BCUT2D eigenvalue weighted by Crippen LogP contribution is -2.32. The number of aromatic nitrogens is 1. The highest BCUT2D eigenvalue weighted by Gasteiger charge is 2.24. The third-order valence-corrected chi connectivity index (χ3v) is 6.44. The number of nitrogens with zero attached hydrogens (tertiary/aromatic N) is 1. The molecule has 1 aliphatic heterocycles. The molecular formula is C28H25FN2O3S. The van der Waals surface area contributed by atoms with Crippen molar-refractivity contribution in [3.05, 3.63) is 114 Å². The van der Waals surface area contributed by atoms with Crippen molar-refractivity contribution in [1.29, 1.82) is 0 Å². The van der Waals surface area contributed by atoms with Crippen LogP contribution in [-0.4, -0.2) is 28.0 Å². The van der Waals surface area contributed by atoms with Gasteiger partial charge in [-0.1, -0.05) is 42.5 Å². The van der Waals surface area contributed by atoms with Crippen LogP contribution in [0.2, 0.25) is 0 Å². The Morgan fingerprint density at radius 1 is 0.943 bits per heavy atom. The summed E-state index contributed by atoms with van der Waals surface area (Å²) in [5.41, 5.74) is 3.50. The molecule has 35 heavy (non-hydrogen) atoms. The van der Waals surface area contributed by atoms with Crippen LogP contribution in [-0.2, 0) is 10.8 Å². The van der Waals surface area contributed by atoms with Gasteiger partial charge in [0.05, 0.1) is 12.6 Å². The Labute approximate surface area is 206 Å². The summed E-state index contributed by atoms with van der Waals surface area (Å²) < 4.78 is 29.5. The average molecular weight is 489 g/mol. The molecular weight excluding hydrogens is 463 g/mol. The van der Waals surface area contributed by atoms with Crippen LogP contribution >= 0.6 is 0 Å². The average Bonchev–Trinajstić information content (AvgIpc) is 2.90. The van der Waals surface area contributed by atoms with Crippen LogP contribution in [0.15, 0.2) is 102 Å². The predicted octanol–water partition coefficient (Wildman–Crippen LogP) is 5.57. The van der Waals surface area contributed by atoms with Gasteiger partial charge in [-0.15, -0.1) is 0 Å². The van der Waals surface area contributed by atoms with Crippen LogP contribution in [0.4, 0.5) is 4.39 Å². The molecule has 5 rings (SSSR count). The summed E-state index contributed by atoms with van der Waals surface area (Å²) in [5, 5.41) is 2.91. The zero-order chi connectivity index (χ0) is 24.6. The zero-order valence-electron chi connectivity index (χ0n) is 19.2. The highest BCUT2D eigenvalue weighted by atomic mass is 32.2. The highest BCUT2D eigenvalue weighted by Crippen LogP contribution is 2.29. The standard InChI is InChI=1S/C15H13FN2O2.C13H12OS/c16-11-5-3-10(4-6-11)15(19)18-12-7-9-20-13-2-1-8-17-14(12)13;1-15(14)13-9-7-12(8-10-13)11-5-3-2-4-6-11/h1-6,8,12H,7,9H2,(H,18,19);2-10H,1H3. The first kappa shape index (κ1) is 24.3. The molecule has 5 nitrogen and oxygen atoms in total. The van der Waals surface area contributed by atoms with E-state index in [1.807, 2.05) is 48.5 Å². The maximum Gasteiger partial charge on any atom is 0.251 e. The number of pyridine rings is 1. The Morgan fingerprint density at radius 2 is 1.63 bits per heavy atom. The largest absolute Gasteiger partial charge is 0.491 e. The van der Waals surface area contributed by atoms with Gasteiger partial charge in [-0.3, -0.25) is 14.0 Å². The fourth-order valence-electron chi connectivity index (χ4n) is 3.66. The van der Waals surface area contributed by atoms with Crippen molar-refractivity contribution >= 4 is 16.7 Å². The van der Waals surface area contributed by atoms with Crippen LogP contribution in [0.5, 0.6) is 5.75 Å². The molecule has 0 spiro atoms. The molecule has 0 fully saturated rings. The number of hydrogen-bond acceptors (Lipinski definition) is 4. The van der Waals surface area contributed by atoms with E-state index < -0.39 is 10.8 Å². The number of ether oxygens (including phenoxy) is 1. The van der Waals surface area contributed by atoms with Crippen molar-refractivity contribution in [2.75, 3.05) is 12.9 Å². The first-order chi connectivity index (χ1) is 17.0. The summed E-state index contributed by atoms with van der Waals surface area (Å²) in [4.78, 5) is 17.3. The zero-order valence-corrected chi connectivity index (χ0v) is 20.0. The van der Waals surface area contributed by atoms with Crippen molar-refractivity contribution in [3.8, 4) is 16.9 Å². The van der Waals surface area contributed by atoms with Crippen molar-refractivity contribution in [3.63, 3.8) is 0 Å². The lowest BCUT2D eigenvalue weighted by Gasteiger charge is -2.25. The topological polar surface area (TPSA) is 68.3 Å². The van der Waals surface area contributed by atoms with Crippen LogP contribution in [0.25, 0.3) is 11.1 Å². The maximum absolute atomic E-state index is 12.8. The van der Waals surface area contributed by atoms with Gasteiger partial charge in [-0.25, -0.2) is 4.39 Å². The van der Waals surface area contributed by atoms with Crippen LogP contribution in [0.1, 0.15) is 28.5 Å². The summed E-state index contributed by atoms with van der Waals surface area (Å²) in [6.07, 6.45) is 4.03. The van der Waals surface area contributed by atoms with Gasteiger partial charge in [0.15, 0.2) is 0 Å². The molecule has 3 aromatic carbocycles. The summed E-state index contributed by atoms with van der Waals surface area (Å²) in [6, 6.07) is 26.9. The van der Waals surface area contributed by atoms with Gasteiger partial charge in [0.1, 0.15) is 17.3 Å². The maximum atomic E-state index is 12.8. The first-order valence-electron chi connectivity index (χ1n) is 11.1. The molecule has 2 unspecified atom stereocenters. The van der Waals surface area contributed by atoms with Gasteiger partial charge >= 0.3 is 0 Å². The number of benzene rings is 3. The van der Waals surface area contributed by atoms with E-state index in [0.717, 1.165) is 16.2 Å². The van der Waals surface area contributed by atoms with Crippen LogP contribution in [0.3, 0.4) is 0 Å². The van der Waals surface area contributed by atoms with E-state index in [0.29, 0.717) is 24.3 Å². The van der Waals surface area contributed by atoms with Gasteiger partial charge in [0.2, 0.25) is 0 Å². The third-order valence-electron chi connectivity index (χ3n) is 5.50. The number of fused-ring (bicyclic) bond motifs is 1. The molecule has 0 radical (unpaired) electrons. The SMILES string of the molecule is CS(=O)c1ccc(-c2ccccc2)cc1.O=C(NC1CCOc2cccnc21)c1ccc(F)cc1. The van der Waals surface area contributed by atoms with E-state index in [4.69, 9.17) is 4.74 Å². The quantitative estimate of drug-likeness (QED) is 0.408. The molecule has 0 bridgehead atoms. The fraction of sp³-hybridized carbons (Fsp3) is 0.143. The van der Waals surface area contributed by atoms with Gasteiger partial charge in [0, 0.05) is 40.1 Å². The molecule has 1 amide bonds. The number of nitrogens with one attached hydrogen (secondary N) is 1. The number of hydrogen-bond donors (Lipinski definition) is 1. The predicted molar refractivity (Wildman–Crippen MR) is 135 cm³/mol. The van der Waals surface area contributed by atoms with E-state index in [-0.39, 0.29) is 17.8 Å². The Morgan fingerprint density at radius 3 is 2.31 bits per heavy atom. The Bertz CT molecular complexity index is 1300. The smallest absolute Gasteiger partial charge is 0.251 e. The minimum atomic E-state index is -0.894. The van der Waals surface area contributed by atoms with E-state index in [9.17, 15) is 13.4 Å². The van der Waals surface area contributed by atoms with Crippen LogP contribution in [0, 0.1) is 5.82 Å². The Kier molecular flexibility index (Phi) is 8.00. The van der Waals surface area contributed by atoms with Gasteiger partial charge in [-0.2, -0.15) is 0 Å². The summed E-state index contributed by atoms with van der Waals surface area (Å²) in [7, 11) is -0.894. The molecule has 2 heterocycles. The normalized spacial score (nSPS) is 15.0. The number of rotatable bonds is 4. The van der Waals surface area contributed by atoms with Crippen molar-refractivity contribution in [2.24, 2.45) is 0 Å². The highest BCUT2D eigenvalue weighted by molar-refractivity contribution is 7.84. The molecule has 2 atom stereocenters. The molecule has 1 aromatic heterocycles. The second kappa shape index (κ2) is 11.5. The molecule has 1 aliphatic rings. The molecule has 0 saturated carbocycles. The molecule has 0 aliphatic carbocycles. The van der Waals surface area contributed by atoms with Gasteiger partial charge < -0.3 is 10.1 Å². The molecule has 1 N–H and O–H groups in total. The Hall–Kier alpha value is -3.84. The molecule has 0 saturated heterocycles. The summed E-state index contributed by atoms with van der Waals surface area (Å²) in [5.74, 6) is 0.0938. The van der Waals surface area contributed by atoms with Crippen molar-refractivity contribution < 1.29 is 18.1 Å². The molecule has 7 heteroatoms. The van der Waals surface area contributed by atoms with Crippen LogP contribution < -0.4 is 10.1 Å². The number of carbonyl (C=O) groups is 1. The van der Waals surface area contributed by atoms with Crippen molar-refractivity contribution in [2.45, 2.75) is 17.4 Å². The van der Waals surface area contributed by atoms with Gasteiger partial charge in [0.25, 0.3) is 5.91 Å². The van der Waals surface area contributed by atoms with Gasteiger partial charge in [-0.05, 0) is 59.7 Å². The van der Waals surface area contributed by atoms with E-state index in [2.05, 4.69) is 22.4 Å². The number of halogens is 1.